The minimum atomic E-state index is 0.864. The number of ether oxygens (including phenoxy) is 1. The summed E-state index contributed by atoms with van der Waals surface area (Å²) >= 11 is 0. The lowest BCUT2D eigenvalue weighted by Crippen LogP contribution is -1.96. The quantitative estimate of drug-likeness (QED) is 0.161. The van der Waals surface area contributed by atoms with Crippen molar-refractivity contribution in [3.05, 3.63) is 30.3 Å². The summed E-state index contributed by atoms with van der Waals surface area (Å²) in [6, 6.07) is 10.2. The average molecular weight is 417 g/mol. The number of unbranched alkanes of at least 4 members (excludes halogenated alkanes) is 20. The molecule has 1 aromatic rings. The zero-order chi connectivity index (χ0) is 21.4. The first-order valence-electron chi connectivity index (χ1n) is 13.6. The third-order valence-corrected chi connectivity index (χ3v) is 6.26. The van der Waals surface area contributed by atoms with E-state index in [2.05, 4.69) is 6.92 Å². The van der Waals surface area contributed by atoms with Crippen molar-refractivity contribution in [2.24, 2.45) is 0 Å². The van der Waals surface area contributed by atoms with Crippen LogP contribution in [0.2, 0.25) is 0 Å². The van der Waals surface area contributed by atoms with Crippen molar-refractivity contribution in [2.75, 3.05) is 6.61 Å². The van der Waals surface area contributed by atoms with Crippen LogP contribution in [-0.2, 0) is 0 Å². The van der Waals surface area contributed by atoms with Crippen LogP contribution in [0.4, 0.5) is 0 Å². The standard InChI is InChI=1S/C29H52O/c1-2-3-4-5-6-7-8-9-10-11-12-13-14-15-16-17-18-19-20-21-25-28-30-29-26-23-22-24-27-29/h22-24,26-27H,2-21,25,28H2,1H3. The van der Waals surface area contributed by atoms with Gasteiger partial charge in [-0.3, -0.25) is 0 Å². The Morgan fingerprint density at radius 2 is 0.767 bits per heavy atom. The van der Waals surface area contributed by atoms with Gasteiger partial charge in [0.05, 0.1) is 6.61 Å². The summed E-state index contributed by atoms with van der Waals surface area (Å²) in [5, 5.41) is 0. The maximum atomic E-state index is 5.75. The maximum absolute atomic E-state index is 5.75. The van der Waals surface area contributed by atoms with Gasteiger partial charge in [-0.05, 0) is 18.6 Å². The summed E-state index contributed by atoms with van der Waals surface area (Å²) in [5.74, 6) is 1.01. The van der Waals surface area contributed by atoms with E-state index in [0.29, 0.717) is 0 Å². The van der Waals surface area contributed by atoms with E-state index in [1.54, 1.807) is 0 Å². The van der Waals surface area contributed by atoms with Gasteiger partial charge < -0.3 is 4.74 Å². The van der Waals surface area contributed by atoms with Crippen LogP contribution < -0.4 is 4.74 Å². The fourth-order valence-electron chi connectivity index (χ4n) is 4.24. The normalized spacial score (nSPS) is 11.1. The highest BCUT2D eigenvalue weighted by molar-refractivity contribution is 5.20. The zero-order valence-electron chi connectivity index (χ0n) is 20.4. The molecular formula is C29H52O. The van der Waals surface area contributed by atoms with Gasteiger partial charge in [0.25, 0.3) is 0 Å². The van der Waals surface area contributed by atoms with Crippen LogP contribution in [-0.4, -0.2) is 6.61 Å². The van der Waals surface area contributed by atoms with E-state index >= 15 is 0 Å². The molecule has 0 atom stereocenters. The lowest BCUT2D eigenvalue weighted by atomic mass is 10.0. The minimum absolute atomic E-state index is 0.864. The van der Waals surface area contributed by atoms with Crippen molar-refractivity contribution in [3.63, 3.8) is 0 Å². The van der Waals surface area contributed by atoms with Gasteiger partial charge in [-0.15, -0.1) is 0 Å². The van der Waals surface area contributed by atoms with Gasteiger partial charge in [-0.2, -0.15) is 0 Å². The molecule has 1 aromatic carbocycles. The molecule has 0 heterocycles. The van der Waals surface area contributed by atoms with Gasteiger partial charge in [0.2, 0.25) is 0 Å². The first-order valence-corrected chi connectivity index (χ1v) is 13.6. The van der Waals surface area contributed by atoms with Gasteiger partial charge in [0, 0.05) is 0 Å². The predicted molar refractivity (Wildman–Crippen MR) is 135 cm³/mol. The van der Waals surface area contributed by atoms with Crippen LogP contribution in [0.3, 0.4) is 0 Å². The molecule has 0 aliphatic rings. The second-order valence-electron chi connectivity index (χ2n) is 9.23. The molecule has 0 saturated carbocycles. The first kappa shape index (κ1) is 27.1. The Balaban J connectivity index is 1.65. The first-order chi connectivity index (χ1) is 14.9. The molecule has 1 heteroatoms. The number of hydrogen-bond donors (Lipinski definition) is 0. The molecule has 0 amide bonds. The Hall–Kier alpha value is -0.980. The summed E-state index contributed by atoms with van der Waals surface area (Å²) in [7, 11) is 0. The van der Waals surface area contributed by atoms with Crippen LogP contribution in [0.5, 0.6) is 5.75 Å². The van der Waals surface area contributed by atoms with Crippen LogP contribution in [0.1, 0.15) is 142 Å². The molecule has 0 bridgehead atoms. The second-order valence-corrected chi connectivity index (χ2v) is 9.23. The summed E-state index contributed by atoms with van der Waals surface area (Å²) in [5.41, 5.74) is 0. The molecular weight excluding hydrogens is 364 g/mol. The highest BCUT2D eigenvalue weighted by Crippen LogP contribution is 2.15. The second kappa shape index (κ2) is 22.7. The van der Waals surface area contributed by atoms with Crippen molar-refractivity contribution in [2.45, 2.75) is 142 Å². The van der Waals surface area contributed by atoms with Gasteiger partial charge in [0.1, 0.15) is 5.75 Å². The van der Waals surface area contributed by atoms with E-state index in [4.69, 9.17) is 4.74 Å². The maximum Gasteiger partial charge on any atom is 0.119 e. The molecule has 0 N–H and O–H groups in total. The Kier molecular flexibility index (Phi) is 20.5. The van der Waals surface area contributed by atoms with E-state index in [1.807, 2.05) is 30.3 Å². The molecule has 0 aromatic heterocycles. The fourth-order valence-corrected chi connectivity index (χ4v) is 4.24. The van der Waals surface area contributed by atoms with E-state index < -0.39 is 0 Å². The molecule has 0 unspecified atom stereocenters. The monoisotopic (exact) mass is 416 g/mol. The van der Waals surface area contributed by atoms with Gasteiger partial charge in [0.15, 0.2) is 0 Å². The molecule has 0 aliphatic heterocycles. The third kappa shape index (κ3) is 19.0. The Morgan fingerprint density at radius 1 is 0.433 bits per heavy atom. The van der Waals surface area contributed by atoms with Gasteiger partial charge in [-0.1, -0.05) is 154 Å². The average Bonchev–Trinajstić information content (AvgIpc) is 2.78. The Morgan fingerprint density at radius 3 is 1.13 bits per heavy atom. The fraction of sp³-hybridized carbons (Fsp3) is 0.793. The summed E-state index contributed by atoms with van der Waals surface area (Å²) < 4.78 is 5.75. The highest BCUT2D eigenvalue weighted by atomic mass is 16.5. The number of rotatable bonds is 23. The number of para-hydroxylation sites is 1. The van der Waals surface area contributed by atoms with E-state index in [9.17, 15) is 0 Å². The van der Waals surface area contributed by atoms with Crippen molar-refractivity contribution in [1.29, 1.82) is 0 Å². The zero-order valence-corrected chi connectivity index (χ0v) is 20.4. The third-order valence-electron chi connectivity index (χ3n) is 6.26. The number of benzene rings is 1. The van der Waals surface area contributed by atoms with Gasteiger partial charge >= 0.3 is 0 Å². The SMILES string of the molecule is CCCCCCCCCCCCCCCCCCCCCCCOc1ccccc1. The highest BCUT2D eigenvalue weighted by Gasteiger charge is 1.96. The molecule has 0 aliphatic carbocycles. The topological polar surface area (TPSA) is 9.23 Å². The lowest BCUT2D eigenvalue weighted by molar-refractivity contribution is 0.304. The molecule has 30 heavy (non-hydrogen) atoms. The minimum Gasteiger partial charge on any atom is -0.494 e. The summed E-state index contributed by atoms with van der Waals surface area (Å²) in [4.78, 5) is 0. The molecule has 1 rings (SSSR count). The predicted octanol–water partition coefficient (Wildman–Crippen LogP) is 10.3. The molecule has 1 nitrogen and oxygen atoms in total. The molecule has 0 spiro atoms. The van der Waals surface area contributed by atoms with E-state index in [0.717, 1.165) is 12.4 Å². The smallest absolute Gasteiger partial charge is 0.119 e. The van der Waals surface area contributed by atoms with Crippen molar-refractivity contribution < 1.29 is 4.74 Å². The van der Waals surface area contributed by atoms with Crippen LogP contribution >= 0.6 is 0 Å². The van der Waals surface area contributed by atoms with Crippen molar-refractivity contribution in [1.82, 2.24) is 0 Å². The van der Waals surface area contributed by atoms with Crippen molar-refractivity contribution in [3.8, 4) is 5.75 Å². The van der Waals surface area contributed by atoms with Crippen LogP contribution in [0, 0.1) is 0 Å². The molecule has 0 radical (unpaired) electrons. The summed E-state index contributed by atoms with van der Waals surface area (Å²) in [6.07, 6.45) is 30.1. The Bertz CT molecular complexity index is 427. The number of hydrogen-bond acceptors (Lipinski definition) is 1. The lowest BCUT2D eigenvalue weighted by Gasteiger charge is -2.06. The largest absolute Gasteiger partial charge is 0.494 e. The Labute approximate surface area is 189 Å². The van der Waals surface area contributed by atoms with E-state index in [1.165, 1.54) is 135 Å². The molecule has 174 valence electrons. The van der Waals surface area contributed by atoms with E-state index in [-0.39, 0.29) is 0 Å². The van der Waals surface area contributed by atoms with Crippen molar-refractivity contribution >= 4 is 0 Å². The molecule has 0 fully saturated rings. The van der Waals surface area contributed by atoms with Gasteiger partial charge in [-0.25, -0.2) is 0 Å². The van der Waals surface area contributed by atoms with Crippen LogP contribution in [0.25, 0.3) is 0 Å². The molecule has 0 saturated heterocycles. The van der Waals surface area contributed by atoms with Crippen LogP contribution in [0.15, 0.2) is 30.3 Å². The summed E-state index contributed by atoms with van der Waals surface area (Å²) in [6.45, 7) is 3.16.